The normalized spacial score (nSPS) is 30.2. The number of amides is 4. The van der Waals surface area contributed by atoms with Crippen molar-refractivity contribution in [3.05, 3.63) is 0 Å². The minimum absolute atomic E-state index is 0.00382. The second-order valence-electron chi connectivity index (χ2n) is 6.85. The van der Waals surface area contributed by atoms with Crippen LogP contribution in [0.2, 0.25) is 0 Å². The molecule has 2 heterocycles. The first-order valence-corrected chi connectivity index (χ1v) is 8.22. The summed E-state index contributed by atoms with van der Waals surface area (Å²) in [6, 6.07) is -0.566. The number of urea groups is 1. The van der Waals surface area contributed by atoms with Crippen molar-refractivity contribution >= 4 is 17.8 Å². The van der Waals surface area contributed by atoms with Gasteiger partial charge in [0.15, 0.2) is 0 Å². The summed E-state index contributed by atoms with van der Waals surface area (Å²) >= 11 is 0. The van der Waals surface area contributed by atoms with Crippen LogP contribution in [-0.2, 0) is 9.59 Å². The maximum absolute atomic E-state index is 13.2. The number of carbonyl (C=O) groups excluding carboxylic acids is 3. The van der Waals surface area contributed by atoms with Gasteiger partial charge < -0.3 is 10.2 Å². The lowest BCUT2D eigenvalue weighted by Crippen LogP contribution is -2.57. The highest BCUT2D eigenvalue weighted by Crippen LogP contribution is 2.42. The van der Waals surface area contributed by atoms with E-state index in [9.17, 15) is 27.6 Å². The summed E-state index contributed by atoms with van der Waals surface area (Å²) in [4.78, 5) is 37.2. The summed E-state index contributed by atoms with van der Waals surface area (Å²) in [5.74, 6) is -3.51. The van der Waals surface area contributed by atoms with E-state index in [1.165, 1.54) is 4.90 Å². The summed E-state index contributed by atoms with van der Waals surface area (Å²) in [5, 5.41) is 4.74. The molecule has 3 rings (SSSR count). The van der Waals surface area contributed by atoms with Crippen LogP contribution in [0.15, 0.2) is 0 Å². The van der Waals surface area contributed by atoms with Gasteiger partial charge in [0, 0.05) is 19.0 Å². The maximum atomic E-state index is 13.2. The third-order valence-corrected chi connectivity index (χ3v) is 5.45. The fourth-order valence-electron chi connectivity index (χ4n) is 4.04. The van der Waals surface area contributed by atoms with E-state index in [0.717, 1.165) is 0 Å². The zero-order valence-electron chi connectivity index (χ0n) is 13.1. The molecule has 134 valence electrons. The predicted molar refractivity (Wildman–Crippen MR) is 76.7 cm³/mol. The first-order chi connectivity index (χ1) is 11.2. The number of imide groups is 1. The van der Waals surface area contributed by atoms with Crippen LogP contribution >= 0.6 is 0 Å². The first kappa shape index (κ1) is 17.0. The van der Waals surface area contributed by atoms with Gasteiger partial charge in [0.2, 0.25) is 5.91 Å². The molecule has 0 aromatic carbocycles. The molecule has 0 radical (unpaired) electrons. The molecule has 0 unspecified atom stereocenters. The fourth-order valence-corrected chi connectivity index (χ4v) is 4.04. The van der Waals surface area contributed by atoms with Gasteiger partial charge in [-0.05, 0) is 25.7 Å². The Balaban J connectivity index is 1.66. The van der Waals surface area contributed by atoms with Crippen molar-refractivity contribution in [2.45, 2.75) is 50.2 Å². The average molecular weight is 347 g/mol. The van der Waals surface area contributed by atoms with Gasteiger partial charge in [-0.1, -0.05) is 12.8 Å². The molecule has 1 spiro atoms. The summed E-state index contributed by atoms with van der Waals surface area (Å²) in [7, 11) is 0. The lowest BCUT2D eigenvalue weighted by Gasteiger charge is -2.40. The number of likely N-dealkylation sites (tertiary alicyclic amines) is 1. The molecular formula is C15H20F3N3O3. The van der Waals surface area contributed by atoms with E-state index in [0.29, 0.717) is 12.8 Å². The Kier molecular flexibility index (Phi) is 4.21. The van der Waals surface area contributed by atoms with Crippen LogP contribution in [0.3, 0.4) is 0 Å². The number of carbonyl (C=O) groups is 3. The van der Waals surface area contributed by atoms with Crippen molar-refractivity contribution in [3.63, 3.8) is 0 Å². The maximum Gasteiger partial charge on any atom is 0.392 e. The van der Waals surface area contributed by atoms with Gasteiger partial charge >= 0.3 is 12.2 Å². The number of nitrogens with zero attached hydrogens (tertiary/aromatic N) is 1. The highest BCUT2D eigenvalue weighted by atomic mass is 19.4. The second kappa shape index (κ2) is 5.93. The SMILES string of the molecule is O=C1NC(=O)C2(CCN(C(=O)[C@@H]3CCCC[C@@H]3C(F)(F)F)CC2)N1. The molecule has 6 nitrogen and oxygen atoms in total. The highest BCUT2D eigenvalue weighted by Gasteiger charge is 2.52. The van der Waals surface area contributed by atoms with Crippen LogP contribution in [0.5, 0.6) is 0 Å². The van der Waals surface area contributed by atoms with E-state index in [1.54, 1.807) is 0 Å². The van der Waals surface area contributed by atoms with Crippen LogP contribution in [-0.4, -0.2) is 47.6 Å². The minimum atomic E-state index is -4.36. The molecular weight excluding hydrogens is 327 g/mol. The summed E-state index contributed by atoms with van der Waals surface area (Å²) < 4.78 is 39.5. The van der Waals surface area contributed by atoms with Crippen LogP contribution in [0.1, 0.15) is 38.5 Å². The fraction of sp³-hybridized carbons (Fsp3) is 0.800. The van der Waals surface area contributed by atoms with E-state index < -0.39 is 41.4 Å². The van der Waals surface area contributed by atoms with Gasteiger partial charge in [-0.15, -0.1) is 0 Å². The molecule has 0 aromatic rings. The Hall–Kier alpha value is -1.80. The number of rotatable bonds is 1. The summed E-state index contributed by atoms with van der Waals surface area (Å²) in [6.45, 7) is 0.348. The lowest BCUT2D eigenvalue weighted by atomic mass is 9.77. The van der Waals surface area contributed by atoms with Crippen LogP contribution in [0.4, 0.5) is 18.0 Å². The van der Waals surface area contributed by atoms with Gasteiger partial charge in [-0.25, -0.2) is 4.79 Å². The highest BCUT2D eigenvalue weighted by molar-refractivity contribution is 6.07. The Bertz CT molecular complexity index is 556. The van der Waals surface area contributed by atoms with E-state index in [2.05, 4.69) is 10.6 Å². The number of alkyl halides is 3. The third kappa shape index (κ3) is 2.95. The number of hydrogen-bond acceptors (Lipinski definition) is 3. The quantitative estimate of drug-likeness (QED) is 0.707. The van der Waals surface area contributed by atoms with E-state index >= 15 is 0 Å². The van der Waals surface area contributed by atoms with Gasteiger partial charge in [0.05, 0.1) is 5.92 Å². The largest absolute Gasteiger partial charge is 0.392 e. The van der Waals surface area contributed by atoms with Crippen molar-refractivity contribution in [2.24, 2.45) is 11.8 Å². The molecule has 9 heteroatoms. The van der Waals surface area contributed by atoms with Crippen molar-refractivity contribution in [1.82, 2.24) is 15.5 Å². The topological polar surface area (TPSA) is 78.5 Å². The van der Waals surface area contributed by atoms with Gasteiger partial charge in [-0.2, -0.15) is 13.2 Å². The molecule has 3 fully saturated rings. The van der Waals surface area contributed by atoms with E-state index in [-0.39, 0.29) is 38.8 Å². The monoisotopic (exact) mass is 347 g/mol. The number of hydrogen-bond donors (Lipinski definition) is 2. The Morgan fingerprint density at radius 3 is 2.29 bits per heavy atom. The average Bonchev–Trinajstić information content (AvgIpc) is 2.80. The van der Waals surface area contributed by atoms with Gasteiger partial charge in [0.25, 0.3) is 5.91 Å². The van der Waals surface area contributed by atoms with Crippen molar-refractivity contribution < 1.29 is 27.6 Å². The summed E-state index contributed by atoms with van der Waals surface area (Å²) in [5.41, 5.74) is -1.02. The number of piperidine rings is 1. The molecule has 2 atom stereocenters. The Morgan fingerprint density at radius 2 is 1.75 bits per heavy atom. The molecule has 2 saturated heterocycles. The Labute approximate surface area is 137 Å². The molecule has 1 saturated carbocycles. The van der Waals surface area contributed by atoms with E-state index in [4.69, 9.17) is 0 Å². The van der Waals surface area contributed by atoms with Crippen LogP contribution in [0.25, 0.3) is 0 Å². The minimum Gasteiger partial charge on any atom is -0.342 e. The molecule has 2 aliphatic heterocycles. The van der Waals surface area contributed by atoms with Crippen LogP contribution < -0.4 is 10.6 Å². The molecule has 1 aliphatic carbocycles. The molecule has 4 amide bonds. The third-order valence-electron chi connectivity index (χ3n) is 5.45. The van der Waals surface area contributed by atoms with Crippen molar-refractivity contribution in [1.29, 1.82) is 0 Å². The van der Waals surface area contributed by atoms with E-state index in [1.807, 2.05) is 0 Å². The zero-order valence-corrected chi connectivity index (χ0v) is 13.1. The Morgan fingerprint density at radius 1 is 1.12 bits per heavy atom. The summed E-state index contributed by atoms with van der Waals surface area (Å²) in [6.07, 6.45) is -2.56. The molecule has 24 heavy (non-hydrogen) atoms. The molecule has 3 aliphatic rings. The van der Waals surface area contributed by atoms with Gasteiger partial charge in [-0.3, -0.25) is 14.9 Å². The molecule has 0 aromatic heterocycles. The molecule has 2 N–H and O–H groups in total. The smallest absolute Gasteiger partial charge is 0.342 e. The molecule has 0 bridgehead atoms. The second-order valence-corrected chi connectivity index (χ2v) is 6.85. The number of nitrogens with one attached hydrogen (secondary N) is 2. The predicted octanol–water partition coefficient (Wildman–Crippen LogP) is 1.56. The van der Waals surface area contributed by atoms with Crippen molar-refractivity contribution in [3.8, 4) is 0 Å². The lowest BCUT2D eigenvalue weighted by molar-refractivity contribution is -0.201. The van der Waals surface area contributed by atoms with Crippen molar-refractivity contribution in [2.75, 3.05) is 13.1 Å². The number of halogens is 3. The standard InChI is InChI=1S/C15H20F3N3O3/c16-15(17,18)10-4-2-1-3-9(10)11(22)21-7-5-14(6-8-21)12(23)19-13(24)20-14/h9-10H,1-8H2,(H2,19,20,23,24)/t9-,10+/m1/s1. The zero-order chi connectivity index (χ0) is 17.5. The van der Waals surface area contributed by atoms with Crippen LogP contribution in [0, 0.1) is 11.8 Å². The van der Waals surface area contributed by atoms with Gasteiger partial charge in [0.1, 0.15) is 5.54 Å². The first-order valence-electron chi connectivity index (χ1n) is 8.22.